The van der Waals surface area contributed by atoms with Crippen LogP contribution in [-0.4, -0.2) is 22.0 Å². The van der Waals surface area contributed by atoms with Crippen LogP contribution in [-0.2, 0) is 17.6 Å². The first kappa shape index (κ1) is 18.3. The van der Waals surface area contributed by atoms with Gasteiger partial charge in [0.2, 0.25) is 11.8 Å². The smallest absolute Gasteiger partial charge is 0.339 e. The molecule has 0 unspecified atom stereocenters. The van der Waals surface area contributed by atoms with Crippen LogP contribution < -0.4 is 5.32 Å². The number of nitrogens with zero attached hydrogens (tertiary/aromatic N) is 1. The SMILES string of the molecule is CCc1c(C)sc(NC(=O)Cc2nc(-c3cccs3)oc2C)c1C(=O)O. The zero-order valence-corrected chi connectivity index (χ0v) is 16.2. The van der Waals surface area contributed by atoms with Gasteiger partial charge in [-0.2, -0.15) is 0 Å². The van der Waals surface area contributed by atoms with Gasteiger partial charge in [-0.15, -0.1) is 22.7 Å². The van der Waals surface area contributed by atoms with Gasteiger partial charge in [-0.25, -0.2) is 9.78 Å². The van der Waals surface area contributed by atoms with Gasteiger partial charge in [-0.05, 0) is 37.3 Å². The fraction of sp³-hybridized carbons (Fsp3) is 0.278. The van der Waals surface area contributed by atoms with Crippen molar-refractivity contribution in [2.45, 2.75) is 33.6 Å². The molecular weight excluding hydrogens is 372 g/mol. The van der Waals surface area contributed by atoms with Crippen LogP contribution in [0, 0.1) is 13.8 Å². The van der Waals surface area contributed by atoms with Gasteiger partial charge in [0.25, 0.3) is 0 Å². The summed E-state index contributed by atoms with van der Waals surface area (Å²) in [5.74, 6) is -0.269. The molecule has 0 saturated carbocycles. The predicted molar refractivity (Wildman–Crippen MR) is 102 cm³/mol. The molecule has 3 aromatic heterocycles. The number of carbonyl (C=O) groups is 2. The highest BCUT2D eigenvalue weighted by Gasteiger charge is 2.23. The van der Waals surface area contributed by atoms with Crippen molar-refractivity contribution in [3.05, 3.63) is 45.0 Å². The number of rotatable bonds is 6. The number of nitrogens with one attached hydrogen (secondary N) is 1. The average molecular weight is 390 g/mol. The van der Waals surface area contributed by atoms with Crippen molar-refractivity contribution in [1.82, 2.24) is 4.98 Å². The Balaban J connectivity index is 1.79. The highest BCUT2D eigenvalue weighted by atomic mass is 32.1. The second-order valence-corrected chi connectivity index (χ2v) is 7.90. The van der Waals surface area contributed by atoms with Crippen LogP contribution in [0.25, 0.3) is 10.8 Å². The fourth-order valence-electron chi connectivity index (χ4n) is 2.74. The topological polar surface area (TPSA) is 92.4 Å². The van der Waals surface area contributed by atoms with Gasteiger partial charge in [0.05, 0.1) is 22.6 Å². The minimum atomic E-state index is -1.03. The van der Waals surface area contributed by atoms with Gasteiger partial charge >= 0.3 is 5.97 Å². The van der Waals surface area contributed by atoms with E-state index in [9.17, 15) is 14.7 Å². The largest absolute Gasteiger partial charge is 0.478 e. The van der Waals surface area contributed by atoms with E-state index in [1.54, 1.807) is 6.92 Å². The minimum Gasteiger partial charge on any atom is -0.478 e. The summed E-state index contributed by atoms with van der Waals surface area (Å²) < 4.78 is 5.64. The number of hydrogen-bond acceptors (Lipinski definition) is 6. The molecule has 6 nitrogen and oxygen atoms in total. The van der Waals surface area contributed by atoms with Crippen molar-refractivity contribution in [2.24, 2.45) is 0 Å². The van der Waals surface area contributed by atoms with E-state index in [2.05, 4.69) is 10.3 Å². The molecule has 3 heterocycles. The fourth-order valence-corrected chi connectivity index (χ4v) is 4.54. The second kappa shape index (κ2) is 7.43. The van der Waals surface area contributed by atoms with E-state index in [0.29, 0.717) is 28.8 Å². The Labute approximate surface area is 158 Å². The number of thiophene rings is 2. The summed E-state index contributed by atoms with van der Waals surface area (Å²) in [6.07, 6.45) is 0.630. The maximum atomic E-state index is 12.4. The molecule has 0 spiro atoms. The summed E-state index contributed by atoms with van der Waals surface area (Å²) >= 11 is 2.80. The standard InChI is InChI=1S/C18H18N2O4S2/c1-4-11-10(3)26-17(15(11)18(22)23)20-14(21)8-12-9(2)24-16(19-12)13-6-5-7-25-13/h5-7H,4,8H2,1-3H3,(H,20,21)(H,22,23). The number of aryl methyl sites for hydroxylation is 2. The maximum Gasteiger partial charge on any atom is 0.339 e. The second-order valence-electron chi connectivity index (χ2n) is 5.72. The van der Waals surface area contributed by atoms with Crippen LogP contribution in [0.5, 0.6) is 0 Å². The molecule has 8 heteroatoms. The highest BCUT2D eigenvalue weighted by Crippen LogP contribution is 2.33. The van der Waals surface area contributed by atoms with Crippen molar-refractivity contribution < 1.29 is 19.1 Å². The molecule has 0 fully saturated rings. The van der Waals surface area contributed by atoms with Crippen LogP contribution in [0.15, 0.2) is 21.9 Å². The summed E-state index contributed by atoms with van der Waals surface area (Å²) in [7, 11) is 0. The summed E-state index contributed by atoms with van der Waals surface area (Å²) in [6, 6.07) is 3.81. The molecule has 0 aliphatic heterocycles. The predicted octanol–water partition coefficient (Wildman–Crippen LogP) is 4.52. The van der Waals surface area contributed by atoms with E-state index >= 15 is 0 Å². The Morgan fingerprint density at radius 1 is 1.35 bits per heavy atom. The summed E-state index contributed by atoms with van der Waals surface area (Å²) in [5.41, 5.74) is 1.49. The maximum absolute atomic E-state index is 12.4. The van der Waals surface area contributed by atoms with Crippen LogP contribution in [0.2, 0.25) is 0 Å². The van der Waals surface area contributed by atoms with E-state index in [4.69, 9.17) is 4.42 Å². The Kier molecular flexibility index (Phi) is 5.24. The Morgan fingerprint density at radius 3 is 2.73 bits per heavy atom. The molecule has 2 N–H and O–H groups in total. The normalized spacial score (nSPS) is 10.9. The van der Waals surface area contributed by atoms with E-state index < -0.39 is 5.97 Å². The van der Waals surface area contributed by atoms with Gasteiger partial charge in [0.1, 0.15) is 10.8 Å². The van der Waals surface area contributed by atoms with Crippen molar-refractivity contribution in [3.63, 3.8) is 0 Å². The average Bonchev–Trinajstić information content (AvgIpc) is 3.27. The monoisotopic (exact) mass is 390 g/mol. The number of oxazole rings is 1. The molecule has 0 aliphatic carbocycles. The quantitative estimate of drug-likeness (QED) is 0.645. The molecule has 0 atom stereocenters. The molecule has 136 valence electrons. The first-order chi connectivity index (χ1) is 12.4. The zero-order valence-electron chi connectivity index (χ0n) is 14.6. The number of carboxylic acid groups (broad SMARTS) is 1. The molecule has 0 bridgehead atoms. The van der Waals surface area contributed by atoms with Gasteiger partial charge in [-0.1, -0.05) is 13.0 Å². The molecule has 0 radical (unpaired) electrons. The lowest BCUT2D eigenvalue weighted by molar-refractivity contribution is -0.115. The Bertz CT molecular complexity index is 954. The Hall–Kier alpha value is -2.45. The molecule has 3 aromatic rings. The van der Waals surface area contributed by atoms with E-state index in [0.717, 1.165) is 15.3 Å². The van der Waals surface area contributed by atoms with E-state index in [-0.39, 0.29) is 17.9 Å². The molecule has 26 heavy (non-hydrogen) atoms. The number of amides is 1. The number of anilines is 1. The Morgan fingerprint density at radius 2 is 2.12 bits per heavy atom. The van der Waals surface area contributed by atoms with E-state index in [1.165, 1.54) is 22.7 Å². The first-order valence-corrected chi connectivity index (χ1v) is 9.75. The lowest BCUT2D eigenvalue weighted by Gasteiger charge is -2.04. The van der Waals surface area contributed by atoms with Gasteiger partial charge in [-0.3, -0.25) is 4.79 Å². The highest BCUT2D eigenvalue weighted by molar-refractivity contribution is 7.16. The molecule has 0 aromatic carbocycles. The van der Waals surface area contributed by atoms with Crippen molar-refractivity contribution in [3.8, 4) is 10.8 Å². The summed E-state index contributed by atoms with van der Waals surface area (Å²) in [4.78, 5) is 30.2. The summed E-state index contributed by atoms with van der Waals surface area (Å²) in [5, 5.41) is 14.5. The third-order valence-corrected chi connectivity index (χ3v) is 5.90. The van der Waals surface area contributed by atoms with Crippen LogP contribution in [0.1, 0.15) is 39.2 Å². The molecule has 0 saturated heterocycles. The number of aromatic carboxylic acids is 1. The van der Waals surface area contributed by atoms with Crippen molar-refractivity contribution >= 4 is 39.6 Å². The van der Waals surface area contributed by atoms with Crippen LogP contribution >= 0.6 is 22.7 Å². The van der Waals surface area contributed by atoms with Crippen molar-refractivity contribution in [1.29, 1.82) is 0 Å². The zero-order chi connectivity index (χ0) is 18.8. The van der Waals surface area contributed by atoms with Crippen LogP contribution in [0.3, 0.4) is 0 Å². The first-order valence-electron chi connectivity index (χ1n) is 8.06. The lowest BCUT2D eigenvalue weighted by Crippen LogP contribution is -2.16. The van der Waals surface area contributed by atoms with Gasteiger partial charge in [0.15, 0.2) is 0 Å². The number of hydrogen-bond donors (Lipinski definition) is 2. The molecular formula is C18H18N2O4S2. The van der Waals surface area contributed by atoms with Crippen molar-refractivity contribution in [2.75, 3.05) is 5.32 Å². The summed E-state index contributed by atoms with van der Waals surface area (Å²) in [6.45, 7) is 5.53. The van der Waals surface area contributed by atoms with Gasteiger partial charge < -0.3 is 14.8 Å². The third kappa shape index (κ3) is 3.56. The van der Waals surface area contributed by atoms with Gasteiger partial charge in [0, 0.05) is 4.88 Å². The van der Waals surface area contributed by atoms with E-state index in [1.807, 2.05) is 31.4 Å². The minimum absolute atomic E-state index is 0.0260. The molecule has 3 rings (SSSR count). The number of carboxylic acids is 1. The number of carbonyl (C=O) groups excluding carboxylic acids is 1. The molecule has 1 amide bonds. The lowest BCUT2D eigenvalue weighted by atomic mass is 10.1. The molecule has 0 aliphatic rings. The van der Waals surface area contributed by atoms with Crippen LogP contribution in [0.4, 0.5) is 5.00 Å². The number of aromatic nitrogens is 1. The third-order valence-electron chi connectivity index (χ3n) is 3.98.